The summed E-state index contributed by atoms with van der Waals surface area (Å²) >= 11 is 0. The molecule has 3 N–H and O–H groups in total. The lowest BCUT2D eigenvalue weighted by atomic mass is 9.86. The molecular weight excluding hydrogens is 310 g/mol. The second-order valence-corrected chi connectivity index (χ2v) is 8.02. The van der Waals surface area contributed by atoms with Crippen LogP contribution in [0.25, 0.3) is 0 Å². The van der Waals surface area contributed by atoms with Crippen LogP contribution in [0.3, 0.4) is 0 Å². The number of hydrogen-bond acceptors (Lipinski definition) is 3. The highest BCUT2D eigenvalue weighted by Crippen LogP contribution is 2.33. The second kappa shape index (κ2) is 8.33. The molecule has 4 heteroatoms. The van der Waals surface area contributed by atoms with Gasteiger partial charge in [0.2, 0.25) is 5.91 Å². The van der Waals surface area contributed by atoms with Crippen molar-refractivity contribution in [1.29, 1.82) is 0 Å². The third-order valence-corrected chi connectivity index (χ3v) is 6.37. The van der Waals surface area contributed by atoms with Crippen LogP contribution in [0.2, 0.25) is 0 Å². The predicted molar refractivity (Wildman–Crippen MR) is 102 cm³/mol. The topological polar surface area (TPSA) is 58.4 Å². The Kier molecular flexibility index (Phi) is 6.13. The number of carbonyl (C=O) groups is 1. The minimum Gasteiger partial charge on any atom is -0.352 e. The van der Waals surface area contributed by atoms with Crippen LogP contribution < -0.4 is 11.1 Å². The molecule has 1 saturated carbocycles. The first-order valence-corrected chi connectivity index (χ1v) is 9.89. The van der Waals surface area contributed by atoms with Crippen molar-refractivity contribution >= 4 is 5.91 Å². The van der Waals surface area contributed by atoms with Gasteiger partial charge in [-0.3, -0.25) is 9.69 Å². The maximum atomic E-state index is 12.8. The SMILES string of the molecule is CC1CCCCC1NC(=O)C(C)N1C[C@@H](CN)[C@H](c2ccccc2)C1. The largest absolute Gasteiger partial charge is 0.352 e. The van der Waals surface area contributed by atoms with Crippen LogP contribution >= 0.6 is 0 Å². The Labute approximate surface area is 152 Å². The van der Waals surface area contributed by atoms with Crippen molar-refractivity contribution in [1.82, 2.24) is 10.2 Å². The molecule has 138 valence electrons. The predicted octanol–water partition coefficient (Wildman–Crippen LogP) is 2.74. The molecule has 4 nitrogen and oxygen atoms in total. The van der Waals surface area contributed by atoms with Gasteiger partial charge in [0.25, 0.3) is 0 Å². The van der Waals surface area contributed by atoms with E-state index in [2.05, 4.69) is 47.5 Å². The maximum Gasteiger partial charge on any atom is 0.237 e. The van der Waals surface area contributed by atoms with E-state index in [4.69, 9.17) is 5.73 Å². The fourth-order valence-corrected chi connectivity index (χ4v) is 4.54. The van der Waals surface area contributed by atoms with E-state index in [0.29, 0.717) is 30.3 Å². The maximum absolute atomic E-state index is 12.8. The molecule has 0 aromatic heterocycles. The Hall–Kier alpha value is -1.39. The van der Waals surface area contributed by atoms with E-state index in [1.807, 2.05) is 6.92 Å². The number of nitrogens with one attached hydrogen (secondary N) is 1. The molecule has 1 aliphatic carbocycles. The van der Waals surface area contributed by atoms with Gasteiger partial charge in [0.05, 0.1) is 6.04 Å². The Balaban J connectivity index is 1.62. The van der Waals surface area contributed by atoms with Gasteiger partial charge in [0.1, 0.15) is 0 Å². The summed E-state index contributed by atoms with van der Waals surface area (Å²) in [5.41, 5.74) is 7.38. The van der Waals surface area contributed by atoms with Crippen molar-refractivity contribution in [2.45, 2.75) is 57.5 Å². The van der Waals surface area contributed by atoms with E-state index < -0.39 is 0 Å². The van der Waals surface area contributed by atoms with Crippen molar-refractivity contribution < 1.29 is 4.79 Å². The molecule has 1 amide bonds. The number of nitrogens with zero attached hydrogens (tertiary/aromatic N) is 1. The Morgan fingerprint density at radius 3 is 2.64 bits per heavy atom. The van der Waals surface area contributed by atoms with Crippen molar-refractivity contribution in [2.24, 2.45) is 17.6 Å². The van der Waals surface area contributed by atoms with Gasteiger partial charge in [-0.05, 0) is 43.7 Å². The highest BCUT2D eigenvalue weighted by Gasteiger charge is 2.37. The number of amides is 1. The monoisotopic (exact) mass is 343 g/mol. The first-order valence-electron chi connectivity index (χ1n) is 9.89. The molecule has 0 bridgehead atoms. The molecule has 0 radical (unpaired) electrons. The third-order valence-electron chi connectivity index (χ3n) is 6.37. The third kappa shape index (κ3) is 4.24. The summed E-state index contributed by atoms with van der Waals surface area (Å²) in [6.07, 6.45) is 4.89. The van der Waals surface area contributed by atoms with E-state index in [1.54, 1.807) is 0 Å². The molecule has 1 aromatic rings. The van der Waals surface area contributed by atoms with Gasteiger partial charge < -0.3 is 11.1 Å². The van der Waals surface area contributed by atoms with Gasteiger partial charge >= 0.3 is 0 Å². The van der Waals surface area contributed by atoms with Gasteiger partial charge in [-0.2, -0.15) is 0 Å². The normalized spacial score (nSPS) is 31.6. The molecule has 3 rings (SSSR count). The minimum atomic E-state index is -0.0862. The van der Waals surface area contributed by atoms with Gasteiger partial charge in [-0.25, -0.2) is 0 Å². The summed E-state index contributed by atoms with van der Waals surface area (Å²) in [6, 6.07) is 10.9. The van der Waals surface area contributed by atoms with Crippen LogP contribution in [0.4, 0.5) is 0 Å². The molecule has 2 fully saturated rings. The lowest BCUT2D eigenvalue weighted by molar-refractivity contribution is -0.126. The molecule has 1 heterocycles. The lowest BCUT2D eigenvalue weighted by Crippen LogP contribution is -2.50. The fraction of sp³-hybridized carbons (Fsp3) is 0.667. The standard InChI is InChI=1S/C21H33N3O/c1-15-8-6-7-11-20(15)23-21(25)16(2)24-13-18(12-22)19(14-24)17-9-4-3-5-10-17/h3-5,9-10,15-16,18-20H,6-8,11-14,22H2,1-2H3,(H,23,25)/t15?,16?,18-,19+,20?/m1/s1. The van der Waals surface area contributed by atoms with E-state index in [1.165, 1.54) is 24.8 Å². The molecule has 25 heavy (non-hydrogen) atoms. The van der Waals surface area contributed by atoms with E-state index in [9.17, 15) is 4.79 Å². The Morgan fingerprint density at radius 2 is 1.96 bits per heavy atom. The summed E-state index contributed by atoms with van der Waals surface area (Å²) in [4.78, 5) is 15.1. The minimum absolute atomic E-state index is 0.0862. The van der Waals surface area contributed by atoms with Gasteiger partial charge in [-0.1, -0.05) is 50.1 Å². The van der Waals surface area contributed by atoms with Crippen molar-refractivity contribution in [3.05, 3.63) is 35.9 Å². The van der Waals surface area contributed by atoms with Crippen molar-refractivity contribution in [3.63, 3.8) is 0 Å². The number of rotatable bonds is 5. The smallest absolute Gasteiger partial charge is 0.237 e. The number of nitrogens with two attached hydrogens (primary N) is 1. The first-order chi connectivity index (χ1) is 12.1. The number of benzene rings is 1. The van der Waals surface area contributed by atoms with Gasteiger partial charge in [0, 0.05) is 25.0 Å². The first kappa shape index (κ1) is 18.4. The zero-order valence-electron chi connectivity index (χ0n) is 15.7. The molecule has 1 saturated heterocycles. The molecule has 1 aliphatic heterocycles. The summed E-state index contributed by atoms with van der Waals surface area (Å²) in [6.45, 7) is 6.81. The average Bonchev–Trinajstić information content (AvgIpc) is 3.08. The van der Waals surface area contributed by atoms with E-state index in [0.717, 1.165) is 19.5 Å². The Morgan fingerprint density at radius 1 is 1.24 bits per heavy atom. The average molecular weight is 344 g/mol. The summed E-state index contributed by atoms with van der Waals surface area (Å²) in [5, 5.41) is 3.32. The van der Waals surface area contributed by atoms with Crippen LogP contribution in [0.15, 0.2) is 30.3 Å². The molecule has 2 aliphatic rings. The second-order valence-electron chi connectivity index (χ2n) is 8.02. The summed E-state index contributed by atoms with van der Waals surface area (Å²) in [7, 11) is 0. The zero-order valence-corrected chi connectivity index (χ0v) is 15.7. The van der Waals surface area contributed by atoms with E-state index >= 15 is 0 Å². The summed E-state index contributed by atoms with van der Waals surface area (Å²) < 4.78 is 0. The molecule has 0 spiro atoms. The zero-order chi connectivity index (χ0) is 17.8. The van der Waals surface area contributed by atoms with Crippen molar-refractivity contribution in [2.75, 3.05) is 19.6 Å². The molecular formula is C21H33N3O. The number of carbonyl (C=O) groups excluding carboxylic acids is 1. The van der Waals surface area contributed by atoms with Gasteiger partial charge in [-0.15, -0.1) is 0 Å². The van der Waals surface area contributed by atoms with Crippen LogP contribution in [0.5, 0.6) is 0 Å². The lowest BCUT2D eigenvalue weighted by Gasteiger charge is -2.32. The highest BCUT2D eigenvalue weighted by molar-refractivity contribution is 5.81. The number of likely N-dealkylation sites (tertiary alicyclic amines) is 1. The van der Waals surface area contributed by atoms with Crippen LogP contribution in [-0.2, 0) is 4.79 Å². The van der Waals surface area contributed by atoms with Crippen LogP contribution in [0.1, 0.15) is 51.0 Å². The number of hydrogen-bond donors (Lipinski definition) is 2. The molecule has 5 atom stereocenters. The van der Waals surface area contributed by atoms with Crippen molar-refractivity contribution in [3.8, 4) is 0 Å². The quantitative estimate of drug-likeness (QED) is 0.864. The fourth-order valence-electron chi connectivity index (χ4n) is 4.54. The van der Waals surface area contributed by atoms with Gasteiger partial charge in [0.15, 0.2) is 0 Å². The van der Waals surface area contributed by atoms with E-state index in [-0.39, 0.29) is 11.9 Å². The molecule has 3 unspecified atom stereocenters. The van der Waals surface area contributed by atoms with Crippen LogP contribution in [-0.4, -0.2) is 42.5 Å². The van der Waals surface area contributed by atoms with Crippen LogP contribution in [0, 0.1) is 11.8 Å². The molecule has 1 aromatic carbocycles. The summed E-state index contributed by atoms with van der Waals surface area (Å²) in [5.74, 6) is 1.63. The Bertz CT molecular complexity index is 562. The highest BCUT2D eigenvalue weighted by atomic mass is 16.2.